The Hall–Kier alpha value is -2.31. The molecule has 1 amide bonds. The zero-order chi connectivity index (χ0) is 23.4. The molecule has 2 aromatic rings. The van der Waals surface area contributed by atoms with Crippen LogP contribution in [0.4, 0.5) is 11.4 Å². The first kappa shape index (κ1) is 24.3. The Balaban J connectivity index is 1.86. The van der Waals surface area contributed by atoms with Crippen molar-refractivity contribution < 1.29 is 23.8 Å². The molecule has 0 unspecified atom stereocenters. The average Bonchev–Trinajstić information content (AvgIpc) is 3.05. The largest absolute Gasteiger partial charge is 0.493 e. The summed E-state index contributed by atoms with van der Waals surface area (Å²) < 4.78 is 16.8. The van der Waals surface area contributed by atoms with Crippen LogP contribution in [-0.4, -0.2) is 51.1 Å². The number of hydrogen-bond acceptors (Lipinski definition) is 8. The second kappa shape index (κ2) is 10.5. The molecule has 1 aliphatic rings. The van der Waals surface area contributed by atoms with Crippen molar-refractivity contribution >= 4 is 80.2 Å². The molecule has 0 atom stereocenters. The molecular weight excluding hydrogens is 563 g/mol. The molecule has 0 bridgehead atoms. The number of amides is 1. The molecule has 0 aromatic heterocycles. The van der Waals surface area contributed by atoms with Crippen LogP contribution in [0.5, 0.6) is 11.5 Å². The van der Waals surface area contributed by atoms with Crippen molar-refractivity contribution in [1.82, 2.24) is 0 Å². The predicted octanol–water partition coefficient (Wildman–Crippen LogP) is 4.32. The molecule has 10 heteroatoms. The minimum Gasteiger partial charge on any atom is -0.493 e. The number of ether oxygens (including phenoxy) is 3. The molecule has 0 radical (unpaired) electrons. The average molecular weight is 584 g/mol. The van der Waals surface area contributed by atoms with Crippen molar-refractivity contribution in [2.45, 2.75) is 0 Å². The van der Waals surface area contributed by atoms with Crippen LogP contribution < -0.4 is 19.3 Å². The highest BCUT2D eigenvalue weighted by Gasteiger charge is 2.33. The molecule has 1 heterocycles. The van der Waals surface area contributed by atoms with Gasteiger partial charge < -0.3 is 19.1 Å². The van der Waals surface area contributed by atoms with Gasteiger partial charge in [-0.25, -0.2) is 4.79 Å². The summed E-state index contributed by atoms with van der Waals surface area (Å²) in [5.41, 5.74) is 2.51. The van der Waals surface area contributed by atoms with Gasteiger partial charge in [-0.05, 0) is 70.6 Å². The van der Waals surface area contributed by atoms with Gasteiger partial charge in [0.1, 0.15) is 0 Å². The molecule has 168 valence electrons. The second-order valence-corrected chi connectivity index (χ2v) is 9.66. The summed E-state index contributed by atoms with van der Waals surface area (Å²) in [5.74, 6) is 0.206. The first-order valence-corrected chi connectivity index (χ1v) is 11.7. The van der Waals surface area contributed by atoms with Crippen LogP contribution in [0.2, 0.25) is 0 Å². The molecule has 2 aromatic carbocycles. The molecule has 1 aliphatic heterocycles. The quantitative estimate of drug-likeness (QED) is 0.206. The van der Waals surface area contributed by atoms with E-state index < -0.39 is 5.97 Å². The number of halogens is 1. The van der Waals surface area contributed by atoms with E-state index in [0.717, 1.165) is 20.5 Å². The zero-order valence-corrected chi connectivity index (χ0v) is 21.7. The maximum absolute atomic E-state index is 13.1. The van der Waals surface area contributed by atoms with Gasteiger partial charge in [0.25, 0.3) is 5.91 Å². The van der Waals surface area contributed by atoms with Crippen LogP contribution in [0.25, 0.3) is 6.08 Å². The lowest BCUT2D eigenvalue weighted by Gasteiger charge is -2.17. The van der Waals surface area contributed by atoms with Crippen molar-refractivity contribution in [2.75, 3.05) is 44.7 Å². The van der Waals surface area contributed by atoms with Crippen LogP contribution in [0.3, 0.4) is 0 Å². The Kier molecular flexibility index (Phi) is 8.01. The van der Waals surface area contributed by atoms with Crippen LogP contribution in [0.15, 0.2) is 41.3 Å². The monoisotopic (exact) mass is 584 g/mol. The van der Waals surface area contributed by atoms with Gasteiger partial charge in [0.2, 0.25) is 0 Å². The highest BCUT2D eigenvalue weighted by molar-refractivity contribution is 14.1. The summed E-state index contributed by atoms with van der Waals surface area (Å²) >= 11 is 8.81. The Morgan fingerprint density at radius 1 is 1.22 bits per heavy atom. The lowest BCUT2D eigenvalue weighted by atomic mass is 10.1. The Morgan fingerprint density at radius 2 is 1.91 bits per heavy atom. The van der Waals surface area contributed by atoms with Gasteiger partial charge in [0.05, 0.1) is 28.4 Å². The normalized spacial score (nSPS) is 14.7. The van der Waals surface area contributed by atoms with Crippen LogP contribution in [0.1, 0.15) is 5.56 Å². The van der Waals surface area contributed by atoms with E-state index in [2.05, 4.69) is 27.3 Å². The molecule has 1 fully saturated rings. The van der Waals surface area contributed by atoms with E-state index in [4.69, 9.17) is 21.7 Å². The van der Waals surface area contributed by atoms with E-state index in [1.807, 2.05) is 49.3 Å². The topological polar surface area (TPSA) is 68.3 Å². The zero-order valence-electron chi connectivity index (χ0n) is 17.9. The van der Waals surface area contributed by atoms with Gasteiger partial charge >= 0.3 is 5.97 Å². The number of hydrogen-bond donors (Lipinski definition) is 0. The summed E-state index contributed by atoms with van der Waals surface area (Å²) in [4.78, 5) is 28.5. The molecular formula is C22H21IN2O5S2. The van der Waals surface area contributed by atoms with E-state index >= 15 is 0 Å². The first-order chi connectivity index (χ1) is 15.2. The van der Waals surface area contributed by atoms with Crippen LogP contribution >= 0.6 is 46.6 Å². The third kappa shape index (κ3) is 5.36. The maximum atomic E-state index is 13.1. The molecule has 0 aliphatic carbocycles. The summed E-state index contributed by atoms with van der Waals surface area (Å²) in [6.45, 7) is -0.229. The van der Waals surface area contributed by atoms with Crippen LogP contribution in [0, 0.1) is 3.57 Å². The third-order valence-electron chi connectivity index (χ3n) is 4.53. The lowest BCUT2D eigenvalue weighted by molar-refractivity contribution is -0.142. The summed E-state index contributed by atoms with van der Waals surface area (Å²) in [7, 11) is 6.72. The van der Waals surface area contributed by atoms with E-state index in [1.54, 1.807) is 12.1 Å². The highest BCUT2D eigenvalue weighted by atomic mass is 127. The number of thioether (sulfide) groups is 1. The lowest BCUT2D eigenvalue weighted by Crippen LogP contribution is -2.27. The third-order valence-corrected chi connectivity index (χ3v) is 6.63. The number of anilines is 2. The van der Waals surface area contributed by atoms with Crippen molar-refractivity contribution in [3.8, 4) is 11.5 Å². The molecule has 7 nitrogen and oxygen atoms in total. The molecule has 0 N–H and O–H groups in total. The Morgan fingerprint density at radius 3 is 2.50 bits per heavy atom. The number of carbonyl (C=O) groups excluding carboxylic acids is 2. The van der Waals surface area contributed by atoms with E-state index in [0.29, 0.717) is 20.7 Å². The second-order valence-electron chi connectivity index (χ2n) is 6.83. The fraction of sp³-hybridized carbons (Fsp3) is 0.227. The van der Waals surface area contributed by atoms with E-state index in [1.165, 1.54) is 30.9 Å². The number of thiocarbonyl (C=S) groups is 1. The van der Waals surface area contributed by atoms with Crippen molar-refractivity contribution in [1.29, 1.82) is 0 Å². The minimum absolute atomic E-state index is 0.183. The molecule has 1 saturated heterocycles. The number of methoxy groups -OCH3 is 2. The van der Waals surface area contributed by atoms with E-state index in [-0.39, 0.29) is 12.5 Å². The first-order valence-electron chi connectivity index (χ1n) is 9.37. The highest BCUT2D eigenvalue weighted by Crippen LogP contribution is 2.39. The van der Waals surface area contributed by atoms with Gasteiger partial charge in [-0.1, -0.05) is 24.0 Å². The predicted molar refractivity (Wildman–Crippen MR) is 140 cm³/mol. The number of rotatable bonds is 7. The maximum Gasteiger partial charge on any atom is 0.343 e. The van der Waals surface area contributed by atoms with Gasteiger partial charge in [-0.3, -0.25) is 9.69 Å². The Bertz CT molecular complexity index is 1090. The fourth-order valence-corrected chi connectivity index (χ4v) is 4.97. The SMILES string of the molecule is COC(=O)COc1c(I)cc(/C=C2\SC(=S)N(c3ccc(N(C)C)cc3)C2=O)cc1OC. The van der Waals surface area contributed by atoms with E-state index in [9.17, 15) is 9.59 Å². The van der Waals surface area contributed by atoms with Crippen molar-refractivity contribution in [2.24, 2.45) is 0 Å². The van der Waals surface area contributed by atoms with Gasteiger partial charge in [-0.15, -0.1) is 0 Å². The summed E-state index contributed by atoms with van der Waals surface area (Å²) in [6, 6.07) is 11.2. The Labute approximate surface area is 209 Å². The molecule has 0 saturated carbocycles. The summed E-state index contributed by atoms with van der Waals surface area (Å²) in [6.07, 6.45) is 1.77. The molecule has 0 spiro atoms. The molecule has 3 rings (SSSR count). The van der Waals surface area contributed by atoms with Gasteiger partial charge in [0, 0.05) is 19.8 Å². The van der Waals surface area contributed by atoms with Gasteiger partial charge in [0.15, 0.2) is 22.4 Å². The number of benzene rings is 2. The number of carbonyl (C=O) groups is 2. The molecule has 32 heavy (non-hydrogen) atoms. The fourth-order valence-electron chi connectivity index (χ4n) is 2.89. The van der Waals surface area contributed by atoms with Crippen molar-refractivity contribution in [3.05, 3.63) is 50.4 Å². The van der Waals surface area contributed by atoms with Crippen molar-refractivity contribution in [3.63, 3.8) is 0 Å². The summed E-state index contributed by atoms with van der Waals surface area (Å²) in [5, 5.41) is 0. The smallest absolute Gasteiger partial charge is 0.343 e. The number of nitrogens with zero attached hydrogens (tertiary/aromatic N) is 2. The van der Waals surface area contributed by atoms with Gasteiger partial charge in [-0.2, -0.15) is 0 Å². The minimum atomic E-state index is -0.491. The number of esters is 1. The van der Waals surface area contributed by atoms with Crippen LogP contribution in [-0.2, 0) is 14.3 Å². The standard InChI is InChI=1S/C22H21IN2O5S2/c1-24(2)14-5-7-15(8-6-14)25-21(27)18(32-22(25)31)11-13-9-16(23)20(17(10-13)28-3)30-12-19(26)29-4/h5-11H,12H2,1-4H3/b18-11-.